The van der Waals surface area contributed by atoms with Crippen LogP contribution in [0.2, 0.25) is 0 Å². The lowest BCUT2D eigenvalue weighted by Gasteiger charge is -2.06. The smallest absolute Gasteiger partial charge is 0.135 e. The van der Waals surface area contributed by atoms with E-state index in [-0.39, 0.29) is 0 Å². The Morgan fingerprint density at radius 1 is 0.842 bits per heavy atom. The first-order valence-electron chi connectivity index (χ1n) is 6.02. The second-order valence-electron chi connectivity index (χ2n) is 4.25. The van der Waals surface area contributed by atoms with Crippen molar-refractivity contribution >= 4 is 11.0 Å². The summed E-state index contributed by atoms with van der Waals surface area (Å²) in [6, 6.07) is 15.7. The highest BCUT2D eigenvalue weighted by Crippen LogP contribution is 2.33. The van der Waals surface area contributed by atoms with Gasteiger partial charge in [0, 0.05) is 17.0 Å². The van der Waals surface area contributed by atoms with Gasteiger partial charge >= 0.3 is 0 Å². The van der Waals surface area contributed by atoms with E-state index in [0.717, 1.165) is 33.8 Å². The van der Waals surface area contributed by atoms with Crippen LogP contribution in [0.4, 0.5) is 0 Å². The summed E-state index contributed by atoms with van der Waals surface area (Å²) in [5.41, 5.74) is 1.81. The fourth-order valence-electron chi connectivity index (χ4n) is 2.07. The molecule has 3 nitrogen and oxygen atoms in total. The highest BCUT2D eigenvalue weighted by molar-refractivity contribution is 5.83. The molecule has 96 valence electrons. The zero-order valence-corrected chi connectivity index (χ0v) is 10.8. The summed E-state index contributed by atoms with van der Waals surface area (Å²) in [5, 5.41) is 1.08. The van der Waals surface area contributed by atoms with Crippen molar-refractivity contribution in [2.75, 3.05) is 14.2 Å². The van der Waals surface area contributed by atoms with Gasteiger partial charge in [-0.3, -0.25) is 0 Å². The van der Waals surface area contributed by atoms with Gasteiger partial charge in [-0.25, -0.2) is 0 Å². The fourth-order valence-corrected chi connectivity index (χ4v) is 2.07. The molecule has 1 heterocycles. The standard InChI is InChI=1S/C16H14O3/c1-17-13-7-12(8-14(10-13)18-2)16-9-11-5-3-4-6-15(11)19-16/h3-10H,1-2H3. The second-order valence-corrected chi connectivity index (χ2v) is 4.25. The molecule has 0 fully saturated rings. The molecule has 0 aliphatic heterocycles. The Balaban J connectivity index is 2.14. The van der Waals surface area contributed by atoms with Gasteiger partial charge in [-0.05, 0) is 24.3 Å². The summed E-state index contributed by atoms with van der Waals surface area (Å²) in [4.78, 5) is 0. The monoisotopic (exact) mass is 254 g/mol. The third-order valence-corrected chi connectivity index (χ3v) is 3.06. The highest BCUT2D eigenvalue weighted by Gasteiger charge is 2.09. The molecule has 3 heteroatoms. The molecule has 0 aliphatic carbocycles. The molecule has 1 aromatic heterocycles. The number of hydrogen-bond donors (Lipinski definition) is 0. The van der Waals surface area contributed by atoms with Crippen molar-refractivity contribution in [3.8, 4) is 22.8 Å². The Bertz CT molecular complexity index is 658. The molecule has 0 amide bonds. The Morgan fingerprint density at radius 3 is 2.16 bits per heavy atom. The SMILES string of the molecule is COc1cc(OC)cc(-c2cc3ccccc3o2)c1. The number of ether oxygens (including phenoxy) is 2. The summed E-state index contributed by atoms with van der Waals surface area (Å²) in [5.74, 6) is 2.29. The number of furan rings is 1. The van der Waals surface area contributed by atoms with Gasteiger partial charge in [0.25, 0.3) is 0 Å². The molecule has 0 saturated heterocycles. The number of para-hydroxylation sites is 1. The van der Waals surface area contributed by atoms with E-state index in [0.29, 0.717) is 0 Å². The van der Waals surface area contributed by atoms with E-state index < -0.39 is 0 Å². The van der Waals surface area contributed by atoms with Crippen LogP contribution in [0.25, 0.3) is 22.3 Å². The zero-order chi connectivity index (χ0) is 13.2. The van der Waals surface area contributed by atoms with Gasteiger partial charge in [0.1, 0.15) is 22.8 Å². The Labute approximate surface area is 111 Å². The quantitative estimate of drug-likeness (QED) is 0.704. The zero-order valence-electron chi connectivity index (χ0n) is 10.8. The first kappa shape index (κ1) is 11.7. The van der Waals surface area contributed by atoms with Crippen LogP contribution in [0.15, 0.2) is 52.9 Å². The minimum absolute atomic E-state index is 0.745. The van der Waals surface area contributed by atoms with Crippen LogP contribution in [-0.4, -0.2) is 14.2 Å². The fraction of sp³-hybridized carbons (Fsp3) is 0.125. The number of fused-ring (bicyclic) bond motifs is 1. The predicted octanol–water partition coefficient (Wildman–Crippen LogP) is 4.12. The van der Waals surface area contributed by atoms with Crippen LogP contribution >= 0.6 is 0 Å². The van der Waals surface area contributed by atoms with Gasteiger partial charge in [-0.2, -0.15) is 0 Å². The van der Waals surface area contributed by atoms with E-state index >= 15 is 0 Å². The lowest BCUT2D eigenvalue weighted by molar-refractivity contribution is 0.394. The minimum Gasteiger partial charge on any atom is -0.497 e. The molecular formula is C16H14O3. The molecule has 0 atom stereocenters. The number of methoxy groups -OCH3 is 2. The van der Waals surface area contributed by atoms with Gasteiger partial charge in [0.15, 0.2) is 0 Å². The van der Waals surface area contributed by atoms with E-state index in [9.17, 15) is 0 Å². The molecule has 3 rings (SSSR count). The number of rotatable bonds is 3. The van der Waals surface area contributed by atoms with E-state index in [1.165, 1.54) is 0 Å². The third kappa shape index (κ3) is 2.15. The van der Waals surface area contributed by atoms with Crippen LogP contribution in [0.5, 0.6) is 11.5 Å². The largest absolute Gasteiger partial charge is 0.497 e. The molecule has 0 unspecified atom stereocenters. The molecule has 19 heavy (non-hydrogen) atoms. The summed E-state index contributed by atoms with van der Waals surface area (Å²) in [6.45, 7) is 0. The average molecular weight is 254 g/mol. The summed E-state index contributed by atoms with van der Waals surface area (Å²) < 4.78 is 16.4. The van der Waals surface area contributed by atoms with Crippen molar-refractivity contribution < 1.29 is 13.9 Å². The molecule has 0 saturated carbocycles. The predicted molar refractivity (Wildman–Crippen MR) is 74.8 cm³/mol. The molecule has 0 bridgehead atoms. The van der Waals surface area contributed by atoms with Crippen LogP contribution in [0.3, 0.4) is 0 Å². The summed E-state index contributed by atoms with van der Waals surface area (Å²) in [6.07, 6.45) is 0. The summed E-state index contributed by atoms with van der Waals surface area (Å²) >= 11 is 0. The van der Waals surface area contributed by atoms with Crippen LogP contribution in [0.1, 0.15) is 0 Å². The first-order chi connectivity index (χ1) is 9.30. The maximum Gasteiger partial charge on any atom is 0.135 e. The molecule has 2 aromatic carbocycles. The average Bonchev–Trinajstić information content (AvgIpc) is 2.90. The number of hydrogen-bond acceptors (Lipinski definition) is 3. The van der Waals surface area contributed by atoms with Gasteiger partial charge in [0.05, 0.1) is 14.2 Å². The third-order valence-electron chi connectivity index (χ3n) is 3.06. The molecule has 0 radical (unpaired) electrons. The van der Waals surface area contributed by atoms with Crippen molar-refractivity contribution in [3.05, 3.63) is 48.5 Å². The van der Waals surface area contributed by atoms with Crippen molar-refractivity contribution in [1.82, 2.24) is 0 Å². The lowest BCUT2D eigenvalue weighted by Crippen LogP contribution is -1.88. The van der Waals surface area contributed by atoms with Crippen LogP contribution in [-0.2, 0) is 0 Å². The van der Waals surface area contributed by atoms with Crippen LogP contribution < -0.4 is 9.47 Å². The molecule has 0 aliphatic rings. The van der Waals surface area contributed by atoms with Gasteiger partial charge in [-0.15, -0.1) is 0 Å². The van der Waals surface area contributed by atoms with E-state index in [4.69, 9.17) is 13.9 Å². The van der Waals surface area contributed by atoms with E-state index in [2.05, 4.69) is 0 Å². The van der Waals surface area contributed by atoms with Crippen LogP contribution in [0, 0.1) is 0 Å². The Kier molecular flexibility index (Phi) is 2.88. The van der Waals surface area contributed by atoms with E-state index in [1.807, 2.05) is 48.5 Å². The van der Waals surface area contributed by atoms with Gasteiger partial charge in [-0.1, -0.05) is 18.2 Å². The Morgan fingerprint density at radius 2 is 1.53 bits per heavy atom. The Hall–Kier alpha value is -2.42. The first-order valence-corrected chi connectivity index (χ1v) is 6.02. The molecule has 0 spiro atoms. The maximum absolute atomic E-state index is 5.84. The molecule has 3 aromatic rings. The second kappa shape index (κ2) is 4.69. The molecule has 0 N–H and O–H groups in total. The normalized spacial score (nSPS) is 10.6. The van der Waals surface area contributed by atoms with Crippen molar-refractivity contribution in [2.45, 2.75) is 0 Å². The van der Waals surface area contributed by atoms with Crippen molar-refractivity contribution in [3.63, 3.8) is 0 Å². The van der Waals surface area contributed by atoms with Crippen molar-refractivity contribution in [2.24, 2.45) is 0 Å². The highest BCUT2D eigenvalue weighted by atomic mass is 16.5. The summed E-state index contributed by atoms with van der Waals surface area (Å²) in [7, 11) is 3.27. The minimum atomic E-state index is 0.745. The molecular weight excluding hydrogens is 240 g/mol. The lowest BCUT2D eigenvalue weighted by atomic mass is 10.1. The van der Waals surface area contributed by atoms with Gasteiger partial charge < -0.3 is 13.9 Å². The van der Waals surface area contributed by atoms with E-state index in [1.54, 1.807) is 14.2 Å². The van der Waals surface area contributed by atoms with Crippen molar-refractivity contribution in [1.29, 1.82) is 0 Å². The van der Waals surface area contributed by atoms with Gasteiger partial charge in [0.2, 0.25) is 0 Å². The maximum atomic E-state index is 5.84. The topological polar surface area (TPSA) is 31.6 Å². The number of benzene rings is 2.